The van der Waals surface area contributed by atoms with Crippen LogP contribution in [0.2, 0.25) is 0 Å². The highest BCUT2D eigenvalue weighted by molar-refractivity contribution is 6.06. The van der Waals surface area contributed by atoms with Crippen molar-refractivity contribution in [2.24, 2.45) is 10.2 Å². The number of carbonyl (C=O) groups is 1. The van der Waals surface area contributed by atoms with E-state index in [0.717, 1.165) is 29.5 Å². The van der Waals surface area contributed by atoms with Crippen LogP contribution in [0.15, 0.2) is 64.8 Å². The van der Waals surface area contributed by atoms with Gasteiger partial charge in [-0.3, -0.25) is 4.79 Å². The minimum Gasteiger partial charge on any atom is -0.291 e. The molecule has 4 rings (SSSR count). The first kappa shape index (κ1) is 12.5. The van der Waals surface area contributed by atoms with Crippen molar-refractivity contribution in [3.05, 3.63) is 71.3 Å². The van der Waals surface area contributed by atoms with Gasteiger partial charge in [-0.15, -0.1) is 0 Å². The predicted molar refractivity (Wildman–Crippen MR) is 80.7 cm³/mol. The molecule has 1 spiro atoms. The molecule has 2 atom stereocenters. The third-order valence-electron chi connectivity index (χ3n) is 4.72. The number of aryl methyl sites for hydroxylation is 1. The Labute approximate surface area is 123 Å². The van der Waals surface area contributed by atoms with Crippen LogP contribution in [-0.2, 0) is 6.42 Å². The first-order valence-electron chi connectivity index (χ1n) is 7.37. The van der Waals surface area contributed by atoms with Gasteiger partial charge < -0.3 is 0 Å². The maximum absolute atomic E-state index is 13.1. The van der Waals surface area contributed by atoms with E-state index in [1.165, 1.54) is 0 Å². The van der Waals surface area contributed by atoms with Gasteiger partial charge in [0.2, 0.25) is 0 Å². The zero-order chi connectivity index (χ0) is 14.3. The van der Waals surface area contributed by atoms with Gasteiger partial charge in [0.1, 0.15) is 0 Å². The molecule has 2 aromatic rings. The molecule has 104 valence electrons. The fraction of sp³-hybridized carbons (Fsp3) is 0.278. The molecule has 1 aliphatic heterocycles. The summed E-state index contributed by atoms with van der Waals surface area (Å²) < 4.78 is 0. The smallest absolute Gasteiger partial charge is 0.193 e. The van der Waals surface area contributed by atoms with E-state index in [1.807, 2.05) is 42.5 Å². The maximum Gasteiger partial charge on any atom is 0.193 e. The van der Waals surface area contributed by atoms with Crippen molar-refractivity contribution in [3.63, 3.8) is 0 Å². The highest BCUT2D eigenvalue weighted by Crippen LogP contribution is 2.45. The molecule has 0 saturated carbocycles. The topological polar surface area (TPSA) is 41.8 Å². The molecule has 0 N–H and O–H groups in total. The van der Waals surface area contributed by atoms with Crippen molar-refractivity contribution in [2.45, 2.75) is 24.3 Å². The van der Waals surface area contributed by atoms with Crippen LogP contribution in [0.5, 0.6) is 0 Å². The van der Waals surface area contributed by atoms with Crippen molar-refractivity contribution < 1.29 is 4.79 Å². The second kappa shape index (κ2) is 4.62. The molecule has 0 radical (unpaired) electrons. The maximum atomic E-state index is 13.1. The summed E-state index contributed by atoms with van der Waals surface area (Å²) in [5.74, 6) is 0.207. The summed E-state index contributed by atoms with van der Waals surface area (Å²) in [7, 11) is 0. The first-order chi connectivity index (χ1) is 10.3. The van der Waals surface area contributed by atoms with Gasteiger partial charge in [-0.25, -0.2) is 0 Å². The van der Waals surface area contributed by atoms with Gasteiger partial charge in [0, 0.05) is 11.5 Å². The molecule has 0 fully saturated rings. The summed E-state index contributed by atoms with van der Waals surface area (Å²) >= 11 is 0. The Balaban J connectivity index is 1.81. The van der Waals surface area contributed by atoms with E-state index in [1.54, 1.807) is 0 Å². The van der Waals surface area contributed by atoms with Gasteiger partial charge in [-0.05, 0) is 24.0 Å². The molecule has 3 nitrogen and oxygen atoms in total. The monoisotopic (exact) mass is 276 g/mol. The van der Waals surface area contributed by atoms with E-state index in [9.17, 15) is 4.79 Å². The predicted octanol–water partition coefficient (Wildman–Crippen LogP) is 3.80. The van der Waals surface area contributed by atoms with Crippen LogP contribution in [0.1, 0.15) is 33.8 Å². The number of fused-ring (bicyclic) bond motifs is 1. The zero-order valence-electron chi connectivity index (χ0n) is 11.7. The quantitative estimate of drug-likeness (QED) is 0.781. The summed E-state index contributed by atoms with van der Waals surface area (Å²) in [6.07, 6.45) is 1.65. The Morgan fingerprint density at radius 1 is 1.00 bits per heavy atom. The number of carbonyl (C=O) groups excluding carboxylic acids is 1. The second-order valence-electron chi connectivity index (χ2n) is 5.80. The molecule has 0 amide bonds. The average Bonchev–Trinajstić information content (AvgIpc) is 2.97. The molecule has 0 aromatic heterocycles. The Bertz CT molecular complexity index is 723. The summed E-state index contributed by atoms with van der Waals surface area (Å²) in [6.45, 7) is 0.609. The Morgan fingerprint density at radius 2 is 1.76 bits per heavy atom. The molecule has 1 aliphatic carbocycles. The fourth-order valence-corrected chi connectivity index (χ4v) is 3.60. The van der Waals surface area contributed by atoms with Crippen LogP contribution in [0, 0.1) is 0 Å². The largest absolute Gasteiger partial charge is 0.291 e. The third kappa shape index (κ3) is 1.77. The molecular formula is C18H16N2O. The lowest BCUT2D eigenvalue weighted by atomic mass is 9.68. The Morgan fingerprint density at radius 3 is 2.62 bits per heavy atom. The van der Waals surface area contributed by atoms with Crippen molar-refractivity contribution in [1.82, 2.24) is 0 Å². The lowest BCUT2D eigenvalue weighted by Crippen LogP contribution is -2.44. The van der Waals surface area contributed by atoms with Gasteiger partial charge in [-0.2, -0.15) is 10.2 Å². The van der Waals surface area contributed by atoms with Crippen molar-refractivity contribution >= 4 is 5.78 Å². The van der Waals surface area contributed by atoms with Gasteiger partial charge in [-0.1, -0.05) is 54.6 Å². The SMILES string of the molecule is O=C1c2ccccc2CC[C@]12N=NC[C@@H]2c1ccccc1. The number of azo groups is 1. The van der Waals surface area contributed by atoms with Gasteiger partial charge in [0.05, 0.1) is 6.54 Å². The summed E-state index contributed by atoms with van der Waals surface area (Å²) in [6, 6.07) is 18.1. The highest BCUT2D eigenvalue weighted by atomic mass is 16.1. The molecule has 0 saturated heterocycles. The minimum atomic E-state index is -0.685. The van der Waals surface area contributed by atoms with Crippen LogP contribution in [0.25, 0.3) is 0 Å². The van der Waals surface area contributed by atoms with E-state index in [-0.39, 0.29) is 11.7 Å². The van der Waals surface area contributed by atoms with E-state index in [0.29, 0.717) is 6.54 Å². The molecule has 21 heavy (non-hydrogen) atoms. The molecule has 0 unspecified atom stereocenters. The van der Waals surface area contributed by atoms with Gasteiger partial charge in [0.25, 0.3) is 0 Å². The number of nitrogens with zero attached hydrogens (tertiary/aromatic N) is 2. The number of ketones is 1. The number of rotatable bonds is 1. The standard InChI is InChI=1S/C18H16N2O/c21-17-15-9-5-4-6-13(15)10-11-18(17)16(12-19-20-18)14-7-2-1-3-8-14/h1-9,16H,10-12H2/t16-,18-/m1/s1. The molecular weight excluding hydrogens is 260 g/mol. The lowest BCUT2D eigenvalue weighted by Gasteiger charge is -2.34. The molecule has 2 aromatic carbocycles. The highest BCUT2D eigenvalue weighted by Gasteiger charge is 2.51. The van der Waals surface area contributed by atoms with Crippen LogP contribution in [0.4, 0.5) is 0 Å². The molecule has 1 heterocycles. The Hall–Kier alpha value is -2.29. The van der Waals surface area contributed by atoms with Crippen LogP contribution < -0.4 is 0 Å². The van der Waals surface area contributed by atoms with E-state index in [4.69, 9.17) is 0 Å². The fourth-order valence-electron chi connectivity index (χ4n) is 3.60. The van der Waals surface area contributed by atoms with Crippen LogP contribution >= 0.6 is 0 Å². The summed E-state index contributed by atoms with van der Waals surface area (Å²) in [4.78, 5) is 13.1. The van der Waals surface area contributed by atoms with Crippen molar-refractivity contribution in [2.75, 3.05) is 6.54 Å². The lowest BCUT2D eigenvalue weighted by molar-refractivity contribution is 0.0853. The van der Waals surface area contributed by atoms with E-state index in [2.05, 4.69) is 22.4 Å². The molecule has 0 bridgehead atoms. The molecule has 2 aliphatic rings. The van der Waals surface area contributed by atoms with Gasteiger partial charge in [0.15, 0.2) is 11.3 Å². The third-order valence-corrected chi connectivity index (χ3v) is 4.72. The minimum absolute atomic E-state index is 0.0690. The van der Waals surface area contributed by atoms with Crippen LogP contribution in [-0.4, -0.2) is 17.9 Å². The normalized spacial score (nSPS) is 27.0. The zero-order valence-corrected chi connectivity index (χ0v) is 11.7. The molecule has 3 heteroatoms. The number of hydrogen-bond donors (Lipinski definition) is 0. The van der Waals surface area contributed by atoms with Gasteiger partial charge >= 0.3 is 0 Å². The number of benzene rings is 2. The van der Waals surface area contributed by atoms with Crippen LogP contribution in [0.3, 0.4) is 0 Å². The van der Waals surface area contributed by atoms with Crippen molar-refractivity contribution in [3.8, 4) is 0 Å². The summed E-state index contributed by atoms with van der Waals surface area (Å²) in [5, 5.41) is 8.69. The van der Waals surface area contributed by atoms with E-state index >= 15 is 0 Å². The average molecular weight is 276 g/mol. The first-order valence-corrected chi connectivity index (χ1v) is 7.37. The second-order valence-corrected chi connectivity index (χ2v) is 5.80. The summed E-state index contributed by atoms with van der Waals surface area (Å²) in [5.41, 5.74) is 2.44. The Kier molecular flexibility index (Phi) is 2.74. The number of hydrogen-bond acceptors (Lipinski definition) is 3. The van der Waals surface area contributed by atoms with E-state index < -0.39 is 5.54 Å². The number of Topliss-reactive ketones (excluding diaryl/α,β-unsaturated/α-hetero) is 1. The van der Waals surface area contributed by atoms with Crippen molar-refractivity contribution in [1.29, 1.82) is 0 Å².